The molecule has 3 rings (SSSR count). The number of nitrogens with zero attached hydrogens (tertiary/aromatic N) is 1. The second kappa shape index (κ2) is 4.64. The maximum Gasteiger partial charge on any atom is 0.335 e. The van der Waals surface area contributed by atoms with Crippen LogP contribution in [-0.4, -0.2) is 22.0 Å². The molecule has 1 heterocycles. The first-order chi connectivity index (χ1) is 9.16. The van der Waals surface area contributed by atoms with Crippen molar-refractivity contribution in [2.75, 3.05) is 5.32 Å². The molecule has 0 aromatic carbocycles. The van der Waals surface area contributed by atoms with Crippen molar-refractivity contribution in [1.29, 1.82) is 0 Å². The van der Waals surface area contributed by atoms with Crippen LogP contribution in [0.2, 0.25) is 0 Å². The summed E-state index contributed by atoms with van der Waals surface area (Å²) in [4.78, 5) is 27.0. The Labute approximate surface area is 111 Å². The molecule has 2 fully saturated rings. The van der Waals surface area contributed by atoms with E-state index in [9.17, 15) is 9.59 Å². The van der Waals surface area contributed by atoms with Crippen LogP contribution in [0.5, 0.6) is 0 Å². The third kappa shape index (κ3) is 2.32. The van der Waals surface area contributed by atoms with E-state index in [4.69, 9.17) is 5.11 Å². The number of carbonyl (C=O) groups is 2. The fourth-order valence-electron chi connectivity index (χ4n) is 3.22. The Morgan fingerprint density at radius 1 is 1.26 bits per heavy atom. The summed E-state index contributed by atoms with van der Waals surface area (Å²) in [6.45, 7) is 0. The smallest absolute Gasteiger partial charge is 0.335 e. The lowest BCUT2D eigenvalue weighted by molar-refractivity contribution is -0.117. The van der Waals surface area contributed by atoms with Crippen LogP contribution in [0.4, 0.5) is 5.82 Å². The molecular formula is C14H16N2O3. The fraction of sp³-hybridized carbons (Fsp3) is 0.500. The molecule has 1 aromatic heterocycles. The average Bonchev–Trinajstić information content (AvgIpc) is 3.13. The van der Waals surface area contributed by atoms with Gasteiger partial charge in [0.05, 0.1) is 5.56 Å². The van der Waals surface area contributed by atoms with Crippen molar-refractivity contribution in [3.8, 4) is 0 Å². The van der Waals surface area contributed by atoms with Crippen LogP contribution < -0.4 is 5.32 Å². The van der Waals surface area contributed by atoms with Gasteiger partial charge in [0.25, 0.3) is 0 Å². The van der Waals surface area contributed by atoms with Gasteiger partial charge in [-0.05, 0) is 36.8 Å². The highest BCUT2D eigenvalue weighted by Gasteiger charge is 2.54. The van der Waals surface area contributed by atoms with Gasteiger partial charge in [0.1, 0.15) is 5.82 Å². The number of carboxylic acids is 1. The predicted octanol–water partition coefficient (Wildman–Crippen LogP) is 2.15. The monoisotopic (exact) mass is 260 g/mol. The van der Waals surface area contributed by atoms with Crippen LogP contribution in [0.25, 0.3) is 0 Å². The zero-order valence-corrected chi connectivity index (χ0v) is 10.5. The number of aromatic carboxylic acids is 1. The van der Waals surface area contributed by atoms with Gasteiger partial charge in [-0.15, -0.1) is 0 Å². The Kier molecular flexibility index (Phi) is 2.97. The van der Waals surface area contributed by atoms with Crippen LogP contribution in [0.3, 0.4) is 0 Å². The zero-order chi connectivity index (χ0) is 13.4. The van der Waals surface area contributed by atoms with Crippen molar-refractivity contribution in [3.05, 3.63) is 23.9 Å². The quantitative estimate of drug-likeness (QED) is 0.872. The Morgan fingerprint density at radius 2 is 1.95 bits per heavy atom. The normalized spacial score (nSPS) is 28.3. The topological polar surface area (TPSA) is 79.3 Å². The molecular weight excluding hydrogens is 244 g/mol. The average molecular weight is 260 g/mol. The minimum absolute atomic E-state index is 0.00746. The molecule has 1 aromatic rings. The molecule has 5 heteroatoms. The van der Waals surface area contributed by atoms with Gasteiger partial charge in [0, 0.05) is 12.1 Å². The number of aromatic nitrogens is 1. The first-order valence-electron chi connectivity index (χ1n) is 6.67. The molecule has 0 saturated heterocycles. The van der Waals surface area contributed by atoms with Gasteiger partial charge in [-0.3, -0.25) is 4.79 Å². The number of carbonyl (C=O) groups excluding carboxylic acids is 1. The fourth-order valence-corrected chi connectivity index (χ4v) is 3.22. The minimum Gasteiger partial charge on any atom is -0.478 e. The maximum atomic E-state index is 12.1. The van der Waals surface area contributed by atoms with Gasteiger partial charge in [0.2, 0.25) is 5.91 Å². The van der Waals surface area contributed by atoms with E-state index < -0.39 is 5.97 Å². The summed E-state index contributed by atoms with van der Waals surface area (Å²) in [5, 5.41) is 11.6. The summed E-state index contributed by atoms with van der Waals surface area (Å²) in [5.74, 6) is 0.490. The summed E-state index contributed by atoms with van der Waals surface area (Å²) in [6, 6.07) is 2.81. The van der Waals surface area contributed by atoms with E-state index in [1.54, 1.807) is 0 Å². The molecule has 100 valence electrons. The molecule has 0 radical (unpaired) electrons. The zero-order valence-electron chi connectivity index (χ0n) is 10.5. The number of carboxylic acid groups (broad SMARTS) is 1. The van der Waals surface area contributed by atoms with E-state index in [0.717, 1.165) is 12.8 Å². The van der Waals surface area contributed by atoms with Crippen LogP contribution in [0.15, 0.2) is 18.3 Å². The van der Waals surface area contributed by atoms with Gasteiger partial charge in [-0.25, -0.2) is 9.78 Å². The SMILES string of the molecule is O=C(O)c1ccnc(NC(=O)C2C3CCCCC32)c1. The minimum atomic E-state index is -1.02. The standard InChI is InChI=1S/C14H16N2O3/c17-13(12-9-3-1-2-4-10(9)12)16-11-7-8(14(18)19)5-6-15-11/h5-7,9-10,12H,1-4H2,(H,18,19)(H,15,16,17). The van der Waals surface area contributed by atoms with Crippen molar-refractivity contribution >= 4 is 17.7 Å². The van der Waals surface area contributed by atoms with Crippen LogP contribution in [0.1, 0.15) is 36.0 Å². The molecule has 2 atom stereocenters. The maximum absolute atomic E-state index is 12.1. The van der Waals surface area contributed by atoms with Gasteiger partial charge in [-0.1, -0.05) is 12.8 Å². The first-order valence-corrected chi connectivity index (χ1v) is 6.67. The highest BCUT2D eigenvalue weighted by Crippen LogP contribution is 2.55. The summed E-state index contributed by atoms with van der Waals surface area (Å²) in [5.41, 5.74) is 0.138. The summed E-state index contributed by atoms with van der Waals surface area (Å²) >= 11 is 0. The van der Waals surface area contributed by atoms with E-state index in [0.29, 0.717) is 17.7 Å². The Morgan fingerprint density at radius 3 is 2.58 bits per heavy atom. The lowest BCUT2D eigenvalue weighted by Gasteiger charge is -2.04. The molecule has 0 aliphatic heterocycles. The number of rotatable bonds is 3. The predicted molar refractivity (Wildman–Crippen MR) is 68.8 cm³/mol. The third-order valence-electron chi connectivity index (χ3n) is 4.22. The lowest BCUT2D eigenvalue weighted by atomic mass is 10.0. The first kappa shape index (κ1) is 12.1. The number of hydrogen-bond donors (Lipinski definition) is 2. The highest BCUT2D eigenvalue weighted by molar-refractivity contribution is 5.95. The molecule has 2 aliphatic rings. The van der Waals surface area contributed by atoms with Crippen LogP contribution >= 0.6 is 0 Å². The highest BCUT2D eigenvalue weighted by atomic mass is 16.4. The van der Waals surface area contributed by atoms with Gasteiger partial charge in [0.15, 0.2) is 0 Å². The summed E-state index contributed by atoms with van der Waals surface area (Å²) in [6.07, 6.45) is 6.13. The van der Waals surface area contributed by atoms with E-state index in [1.807, 2.05) is 0 Å². The van der Waals surface area contributed by atoms with Crippen molar-refractivity contribution < 1.29 is 14.7 Å². The molecule has 0 spiro atoms. The Bertz CT molecular complexity index is 517. The van der Waals surface area contributed by atoms with E-state index in [-0.39, 0.29) is 17.4 Å². The number of pyridine rings is 1. The molecule has 19 heavy (non-hydrogen) atoms. The molecule has 5 nitrogen and oxygen atoms in total. The summed E-state index contributed by atoms with van der Waals surface area (Å²) < 4.78 is 0. The second-order valence-electron chi connectivity index (χ2n) is 5.36. The van der Waals surface area contributed by atoms with Crippen molar-refractivity contribution in [2.45, 2.75) is 25.7 Å². The molecule has 0 bridgehead atoms. The molecule has 2 N–H and O–H groups in total. The number of amides is 1. The summed E-state index contributed by atoms with van der Waals surface area (Å²) in [7, 11) is 0. The van der Waals surface area contributed by atoms with Gasteiger partial charge in [-0.2, -0.15) is 0 Å². The van der Waals surface area contributed by atoms with E-state index in [1.165, 1.54) is 31.2 Å². The van der Waals surface area contributed by atoms with Gasteiger partial charge >= 0.3 is 5.97 Å². The number of hydrogen-bond acceptors (Lipinski definition) is 3. The van der Waals surface area contributed by atoms with Crippen molar-refractivity contribution in [3.63, 3.8) is 0 Å². The van der Waals surface area contributed by atoms with Crippen molar-refractivity contribution in [2.24, 2.45) is 17.8 Å². The lowest BCUT2D eigenvalue weighted by Crippen LogP contribution is -2.16. The van der Waals surface area contributed by atoms with E-state index in [2.05, 4.69) is 10.3 Å². The van der Waals surface area contributed by atoms with Crippen LogP contribution in [-0.2, 0) is 4.79 Å². The van der Waals surface area contributed by atoms with Crippen molar-refractivity contribution in [1.82, 2.24) is 4.98 Å². The Hall–Kier alpha value is -1.91. The molecule has 2 aliphatic carbocycles. The largest absolute Gasteiger partial charge is 0.478 e. The number of fused-ring (bicyclic) bond motifs is 1. The molecule has 2 saturated carbocycles. The Balaban J connectivity index is 1.67. The van der Waals surface area contributed by atoms with Gasteiger partial charge < -0.3 is 10.4 Å². The molecule has 1 amide bonds. The number of nitrogens with one attached hydrogen (secondary N) is 1. The third-order valence-corrected chi connectivity index (χ3v) is 4.22. The second-order valence-corrected chi connectivity index (χ2v) is 5.36. The van der Waals surface area contributed by atoms with Crippen LogP contribution in [0, 0.1) is 17.8 Å². The number of anilines is 1. The molecule has 2 unspecified atom stereocenters. The van der Waals surface area contributed by atoms with E-state index >= 15 is 0 Å².